The number of amides is 1. The first-order valence-corrected chi connectivity index (χ1v) is 8.05. The molecule has 1 aliphatic rings. The van der Waals surface area contributed by atoms with Gasteiger partial charge in [0, 0.05) is 24.5 Å². The Balaban J connectivity index is 1.95. The van der Waals surface area contributed by atoms with E-state index in [4.69, 9.17) is 0 Å². The van der Waals surface area contributed by atoms with Crippen molar-refractivity contribution in [3.8, 4) is 10.7 Å². The van der Waals surface area contributed by atoms with Crippen molar-refractivity contribution in [2.75, 3.05) is 6.54 Å². The Morgan fingerprint density at radius 1 is 1.43 bits per heavy atom. The van der Waals surface area contributed by atoms with Crippen molar-refractivity contribution in [3.05, 3.63) is 34.5 Å². The van der Waals surface area contributed by atoms with E-state index in [0.717, 1.165) is 35.8 Å². The van der Waals surface area contributed by atoms with E-state index in [2.05, 4.69) is 23.0 Å². The maximum absolute atomic E-state index is 11.7. The van der Waals surface area contributed by atoms with Crippen LogP contribution in [0.1, 0.15) is 41.9 Å². The van der Waals surface area contributed by atoms with Gasteiger partial charge in [0.25, 0.3) is 0 Å². The van der Waals surface area contributed by atoms with Crippen molar-refractivity contribution in [2.24, 2.45) is 0 Å². The number of carbonyl (C=O) groups is 1. The van der Waals surface area contributed by atoms with E-state index < -0.39 is 0 Å². The van der Waals surface area contributed by atoms with Gasteiger partial charge in [-0.05, 0) is 44.4 Å². The van der Waals surface area contributed by atoms with Gasteiger partial charge in [-0.15, -0.1) is 11.3 Å². The Labute approximate surface area is 128 Å². The number of pyridine rings is 1. The molecule has 0 saturated carbocycles. The molecular weight excluding hydrogens is 282 g/mol. The van der Waals surface area contributed by atoms with Crippen LogP contribution < -0.4 is 0 Å². The van der Waals surface area contributed by atoms with Gasteiger partial charge < -0.3 is 4.90 Å². The highest BCUT2D eigenvalue weighted by Crippen LogP contribution is 2.34. The van der Waals surface area contributed by atoms with Crippen molar-refractivity contribution in [3.63, 3.8) is 0 Å². The molecule has 2 aromatic heterocycles. The molecule has 3 rings (SSSR count). The summed E-state index contributed by atoms with van der Waals surface area (Å²) in [5.74, 6) is 0.150. The molecule has 1 amide bonds. The molecule has 0 N–H and O–H groups in total. The molecule has 0 spiro atoms. The number of aryl methyl sites for hydroxylation is 2. The second-order valence-corrected chi connectivity index (χ2v) is 6.71. The summed E-state index contributed by atoms with van der Waals surface area (Å²) in [5, 5.41) is 0.958. The molecule has 1 fully saturated rings. The van der Waals surface area contributed by atoms with Gasteiger partial charge >= 0.3 is 0 Å². The summed E-state index contributed by atoms with van der Waals surface area (Å²) in [7, 11) is 0. The Bertz CT molecular complexity index is 660. The highest BCUT2D eigenvalue weighted by atomic mass is 32.1. The normalized spacial score (nSPS) is 18.2. The second kappa shape index (κ2) is 5.56. The quantitative estimate of drug-likeness (QED) is 0.853. The minimum absolute atomic E-state index is 0.150. The molecule has 21 heavy (non-hydrogen) atoms. The van der Waals surface area contributed by atoms with Gasteiger partial charge in [-0.25, -0.2) is 4.98 Å². The zero-order valence-corrected chi connectivity index (χ0v) is 13.4. The van der Waals surface area contributed by atoms with E-state index in [1.807, 2.05) is 24.1 Å². The van der Waals surface area contributed by atoms with Crippen LogP contribution in [0, 0.1) is 13.8 Å². The summed E-state index contributed by atoms with van der Waals surface area (Å²) in [6, 6.07) is 4.29. The maximum Gasteiger partial charge on any atom is 0.219 e. The highest BCUT2D eigenvalue weighted by Gasteiger charge is 2.28. The molecule has 5 heteroatoms. The first-order chi connectivity index (χ1) is 10.1. The topological polar surface area (TPSA) is 46.1 Å². The minimum Gasteiger partial charge on any atom is -0.336 e. The molecule has 1 aliphatic heterocycles. The lowest BCUT2D eigenvalue weighted by atomic mass is 10.0. The fraction of sp³-hybridized carbons (Fsp3) is 0.438. The molecule has 0 aromatic carbocycles. The van der Waals surface area contributed by atoms with Crippen LogP contribution in [0.15, 0.2) is 18.3 Å². The summed E-state index contributed by atoms with van der Waals surface area (Å²) < 4.78 is 0. The van der Waals surface area contributed by atoms with Gasteiger partial charge in [-0.2, -0.15) is 0 Å². The van der Waals surface area contributed by atoms with Crippen LogP contribution in [-0.2, 0) is 4.79 Å². The highest BCUT2D eigenvalue weighted by molar-refractivity contribution is 7.15. The lowest BCUT2D eigenvalue weighted by molar-refractivity contribution is -0.129. The molecule has 1 saturated heterocycles. The summed E-state index contributed by atoms with van der Waals surface area (Å²) >= 11 is 1.67. The van der Waals surface area contributed by atoms with E-state index in [-0.39, 0.29) is 11.9 Å². The molecule has 110 valence electrons. The van der Waals surface area contributed by atoms with Crippen molar-refractivity contribution in [1.82, 2.24) is 14.9 Å². The predicted octanol–water partition coefficient (Wildman–Crippen LogP) is 3.51. The molecule has 3 heterocycles. The fourth-order valence-electron chi connectivity index (χ4n) is 2.84. The largest absolute Gasteiger partial charge is 0.336 e. The predicted molar refractivity (Wildman–Crippen MR) is 84.2 cm³/mol. The van der Waals surface area contributed by atoms with Crippen LogP contribution >= 0.6 is 11.3 Å². The molecule has 0 bridgehead atoms. The average Bonchev–Trinajstić information content (AvgIpc) is 3.07. The van der Waals surface area contributed by atoms with Crippen LogP contribution in [0.2, 0.25) is 0 Å². The monoisotopic (exact) mass is 301 g/mol. The minimum atomic E-state index is 0.150. The Hall–Kier alpha value is -1.75. The first-order valence-electron chi connectivity index (χ1n) is 7.24. The molecule has 0 radical (unpaired) electrons. The lowest BCUT2D eigenvalue weighted by Crippen LogP contribution is -2.28. The SMILES string of the molecule is CC(=O)N1CCC[C@H]1c1ccnc(-c2nc(C)c(C)s2)c1. The van der Waals surface area contributed by atoms with Crippen LogP contribution in [0.4, 0.5) is 0 Å². The number of likely N-dealkylation sites (tertiary alicyclic amines) is 1. The van der Waals surface area contributed by atoms with E-state index in [0.29, 0.717) is 0 Å². The van der Waals surface area contributed by atoms with Gasteiger partial charge in [-0.1, -0.05) is 0 Å². The molecule has 4 nitrogen and oxygen atoms in total. The molecule has 0 unspecified atom stereocenters. The number of rotatable bonds is 2. The van der Waals surface area contributed by atoms with Crippen molar-refractivity contribution >= 4 is 17.2 Å². The van der Waals surface area contributed by atoms with Crippen LogP contribution in [0.3, 0.4) is 0 Å². The van der Waals surface area contributed by atoms with Crippen LogP contribution in [-0.4, -0.2) is 27.3 Å². The smallest absolute Gasteiger partial charge is 0.219 e. The average molecular weight is 301 g/mol. The number of hydrogen-bond acceptors (Lipinski definition) is 4. The van der Waals surface area contributed by atoms with Crippen molar-refractivity contribution in [2.45, 2.75) is 39.7 Å². The summed E-state index contributed by atoms with van der Waals surface area (Å²) in [5.41, 5.74) is 3.13. The van der Waals surface area contributed by atoms with Gasteiger partial charge in [0.2, 0.25) is 5.91 Å². The Kier molecular flexibility index (Phi) is 3.76. The number of aromatic nitrogens is 2. The van der Waals surface area contributed by atoms with E-state index in [9.17, 15) is 4.79 Å². The van der Waals surface area contributed by atoms with Gasteiger partial charge in [0.05, 0.1) is 17.4 Å². The van der Waals surface area contributed by atoms with Crippen LogP contribution in [0.5, 0.6) is 0 Å². The van der Waals surface area contributed by atoms with Crippen LogP contribution in [0.25, 0.3) is 10.7 Å². The number of hydrogen-bond donors (Lipinski definition) is 0. The Morgan fingerprint density at radius 3 is 2.90 bits per heavy atom. The van der Waals surface area contributed by atoms with E-state index >= 15 is 0 Å². The summed E-state index contributed by atoms with van der Waals surface area (Å²) in [6.45, 7) is 6.60. The molecular formula is C16H19N3OS. The van der Waals surface area contributed by atoms with Gasteiger partial charge in [0.15, 0.2) is 0 Å². The van der Waals surface area contributed by atoms with Crippen molar-refractivity contribution < 1.29 is 4.79 Å². The lowest BCUT2D eigenvalue weighted by Gasteiger charge is -2.23. The van der Waals surface area contributed by atoms with E-state index in [1.54, 1.807) is 18.3 Å². The Morgan fingerprint density at radius 2 is 2.24 bits per heavy atom. The summed E-state index contributed by atoms with van der Waals surface area (Å²) in [6.07, 6.45) is 3.92. The first kappa shape index (κ1) is 14.2. The molecule has 1 atom stereocenters. The zero-order chi connectivity index (χ0) is 15.0. The maximum atomic E-state index is 11.7. The zero-order valence-electron chi connectivity index (χ0n) is 12.6. The third-order valence-corrected chi connectivity index (χ3v) is 5.17. The van der Waals surface area contributed by atoms with Gasteiger partial charge in [-0.3, -0.25) is 9.78 Å². The van der Waals surface area contributed by atoms with E-state index in [1.165, 1.54) is 10.4 Å². The number of thiazole rings is 1. The van der Waals surface area contributed by atoms with Gasteiger partial charge in [0.1, 0.15) is 5.01 Å². The molecule has 0 aliphatic carbocycles. The third kappa shape index (κ3) is 2.70. The third-order valence-electron chi connectivity index (χ3n) is 4.07. The number of nitrogens with zero attached hydrogens (tertiary/aromatic N) is 3. The second-order valence-electron chi connectivity index (χ2n) is 5.51. The molecule has 2 aromatic rings. The summed E-state index contributed by atoms with van der Waals surface area (Å²) in [4.78, 5) is 23.9. The van der Waals surface area contributed by atoms with Crippen molar-refractivity contribution in [1.29, 1.82) is 0 Å². The fourth-order valence-corrected chi connectivity index (χ4v) is 3.73. The number of carbonyl (C=O) groups excluding carboxylic acids is 1. The standard InChI is InChI=1S/C16H19N3OS/c1-10-11(2)21-16(18-10)14-9-13(6-7-17-14)15-5-4-8-19(15)12(3)20/h6-7,9,15H,4-5,8H2,1-3H3/t15-/m0/s1.